The Bertz CT molecular complexity index is 526. The highest BCUT2D eigenvalue weighted by Crippen LogP contribution is 2.26. The largest absolute Gasteiger partial charge is 0.347 e. The molecule has 1 amide bonds. The fraction of sp³-hybridized carbons (Fsp3) is 0.333. The van der Waals surface area contributed by atoms with Crippen LogP contribution in [0.5, 0.6) is 0 Å². The molecule has 0 radical (unpaired) electrons. The van der Waals surface area contributed by atoms with E-state index in [0.717, 1.165) is 5.03 Å². The van der Waals surface area contributed by atoms with E-state index in [1.807, 2.05) is 29.6 Å². The molecule has 20 heavy (non-hydrogen) atoms. The molecule has 0 bridgehead atoms. The molecule has 0 spiro atoms. The lowest BCUT2D eigenvalue weighted by Crippen LogP contribution is -2.32. The van der Waals surface area contributed by atoms with Crippen molar-refractivity contribution in [2.24, 2.45) is 5.92 Å². The number of nitrogens with one attached hydrogen (secondary N) is 1. The molecule has 5 heteroatoms. The summed E-state index contributed by atoms with van der Waals surface area (Å²) in [5.74, 6) is 0.816. The van der Waals surface area contributed by atoms with E-state index in [9.17, 15) is 4.79 Å². The highest BCUT2D eigenvalue weighted by atomic mass is 32.2. The lowest BCUT2D eigenvalue weighted by Gasteiger charge is -2.21. The normalized spacial score (nSPS) is 12.3. The van der Waals surface area contributed by atoms with E-state index in [4.69, 9.17) is 0 Å². The smallest absolute Gasteiger partial charge is 0.230 e. The van der Waals surface area contributed by atoms with Gasteiger partial charge in [0.25, 0.3) is 0 Å². The molecule has 0 aromatic carbocycles. The van der Waals surface area contributed by atoms with Crippen LogP contribution in [-0.2, 0) is 4.79 Å². The van der Waals surface area contributed by atoms with Crippen molar-refractivity contribution in [3.8, 4) is 0 Å². The summed E-state index contributed by atoms with van der Waals surface area (Å²) in [6.07, 6.45) is 1.74. The van der Waals surface area contributed by atoms with Gasteiger partial charge in [0.15, 0.2) is 0 Å². The summed E-state index contributed by atoms with van der Waals surface area (Å²) < 4.78 is 0. The molecule has 2 aromatic rings. The monoisotopic (exact) mass is 306 g/mol. The number of amides is 1. The van der Waals surface area contributed by atoms with Gasteiger partial charge in [-0.25, -0.2) is 4.98 Å². The Morgan fingerprint density at radius 2 is 2.20 bits per heavy atom. The SMILES string of the molecule is CC(C)C(NC(=O)CSc1ccccn1)c1cccs1. The minimum atomic E-state index is 0.0488. The summed E-state index contributed by atoms with van der Waals surface area (Å²) in [5.41, 5.74) is 0. The Hall–Kier alpha value is -1.33. The average Bonchev–Trinajstić information content (AvgIpc) is 2.97. The number of rotatable bonds is 6. The van der Waals surface area contributed by atoms with Gasteiger partial charge in [0.2, 0.25) is 5.91 Å². The Labute approximate surface area is 127 Å². The van der Waals surface area contributed by atoms with E-state index >= 15 is 0 Å². The van der Waals surface area contributed by atoms with Gasteiger partial charge in [0.05, 0.1) is 16.8 Å². The summed E-state index contributed by atoms with van der Waals surface area (Å²) in [6.45, 7) is 4.24. The fourth-order valence-corrected chi connectivity index (χ4v) is 3.44. The molecule has 2 aromatic heterocycles. The maximum atomic E-state index is 12.1. The highest BCUT2D eigenvalue weighted by molar-refractivity contribution is 7.99. The third-order valence-corrected chi connectivity index (χ3v) is 4.72. The molecule has 0 aliphatic heterocycles. The van der Waals surface area contributed by atoms with Gasteiger partial charge in [0.1, 0.15) is 0 Å². The van der Waals surface area contributed by atoms with E-state index in [-0.39, 0.29) is 11.9 Å². The maximum Gasteiger partial charge on any atom is 0.230 e. The second-order valence-electron chi connectivity index (χ2n) is 4.76. The lowest BCUT2D eigenvalue weighted by atomic mass is 10.0. The summed E-state index contributed by atoms with van der Waals surface area (Å²) in [7, 11) is 0. The number of hydrogen-bond donors (Lipinski definition) is 1. The predicted octanol–water partition coefficient (Wildman–Crippen LogP) is 3.75. The maximum absolute atomic E-state index is 12.1. The van der Waals surface area contributed by atoms with Crippen LogP contribution in [0, 0.1) is 5.92 Å². The topological polar surface area (TPSA) is 42.0 Å². The van der Waals surface area contributed by atoms with Gasteiger partial charge >= 0.3 is 0 Å². The van der Waals surface area contributed by atoms with Crippen molar-refractivity contribution in [1.82, 2.24) is 10.3 Å². The van der Waals surface area contributed by atoms with E-state index in [1.54, 1.807) is 17.5 Å². The first-order valence-electron chi connectivity index (χ1n) is 6.53. The molecule has 1 unspecified atom stereocenters. The minimum absolute atomic E-state index is 0.0488. The van der Waals surface area contributed by atoms with Gasteiger partial charge in [-0.1, -0.05) is 37.7 Å². The summed E-state index contributed by atoms with van der Waals surface area (Å²) in [6, 6.07) is 9.89. The fourth-order valence-electron chi connectivity index (χ4n) is 1.82. The van der Waals surface area contributed by atoms with Crippen LogP contribution >= 0.6 is 23.1 Å². The van der Waals surface area contributed by atoms with Crippen molar-refractivity contribution in [3.05, 3.63) is 46.8 Å². The first-order valence-corrected chi connectivity index (χ1v) is 8.40. The van der Waals surface area contributed by atoms with E-state index in [1.165, 1.54) is 16.6 Å². The van der Waals surface area contributed by atoms with Crippen molar-refractivity contribution >= 4 is 29.0 Å². The first kappa shape index (κ1) is 15.1. The van der Waals surface area contributed by atoms with E-state index < -0.39 is 0 Å². The number of thiophene rings is 1. The summed E-state index contributed by atoms with van der Waals surface area (Å²) in [4.78, 5) is 17.5. The van der Waals surface area contributed by atoms with Gasteiger partial charge in [-0.05, 0) is 29.5 Å². The number of carbonyl (C=O) groups excluding carboxylic acids is 1. The zero-order chi connectivity index (χ0) is 14.4. The third kappa shape index (κ3) is 4.35. The molecule has 0 aliphatic rings. The predicted molar refractivity (Wildman–Crippen MR) is 85.0 cm³/mol. The van der Waals surface area contributed by atoms with E-state index in [2.05, 4.69) is 30.2 Å². The van der Waals surface area contributed by atoms with Crippen LogP contribution < -0.4 is 5.32 Å². The van der Waals surface area contributed by atoms with Crippen LogP contribution in [0.15, 0.2) is 46.9 Å². The van der Waals surface area contributed by atoms with Gasteiger partial charge in [-0.2, -0.15) is 0 Å². The van der Waals surface area contributed by atoms with Gasteiger partial charge in [0, 0.05) is 11.1 Å². The number of pyridine rings is 1. The highest BCUT2D eigenvalue weighted by Gasteiger charge is 2.19. The zero-order valence-electron chi connectivity index (χ0n) is 11.6. The quantitative estimate of drug-likeness (QED) is 0.827. The molecule has 2 heterocycles. The molecule has 1 N–H and O–H groups in total. The van der Waals surface area contributed by atoms with Crippen LogP contribution in [0.25, 0.3) is 0 Å². The van der Waals surface area contributed by atoms with E-state index in [0.29, 0.717) is 11.7 Å². The molecular weight excluding hydrogens is 288 g/mol. The van der Waals surface area contributed by atoms with Crippen molar-refractivity contribution in [2.45, 2.75) is 24.9 Å². The Kier molecular flexibility index (Phi) is 5.61. The van der Waals surface area contributed by atoms with Crippen LogP contribution in [0.3, 0.4) is 0 Å². The summed E-state index contributed by atoms with van der Waals surface area (Å²) in [5, 5.41) is 6.03. The van der Waals surface area contributed by atoms with Crippen LogP contribution in [0.2, 0.25) is 0 Å². The molecule has 0 fully saturated rings. The van der Waals surface area contributed by atoms with Gasteiger partial charge in [-0.15, -0.1) is 11.3 Å². The molecule has 106 valence electrons. The van der Waals surface area contributed by atoms with Crippen molar-refractivity contribution in [1.29, 1.82) is 0 Å². The molecule has 0 saturated heterocycles. The van der Waals surface area contributed by atoms with Crippen molar-refractivity contribution in [3.63, 3.8) is 0 Å². The summed E-state index contributed by atoms with van der Waals surface area (Å²) >= 11 is 3.14. The van der Waals surface area contributed by atoms with Gasteiger partial charge in [-0.3, -0.25) is 4.79 Å². The lowest BCUT2D eigenvalue weighted by molar-refractivity contribution is -0.119. The molecule has 2 rings (SSSR count). The van der Waals surface area contributed by atoms with Crippen LogP contribution in [0.1, 0.15) is 24.8 Å². The number of thioether (sulfide) groups is 1. The van der Waals surface area contributed by atoms with Crippen molar-refractivity contribution < 1.29 is 4.79 Å². The zero-order valence-corrected chi connectivity index (χ0v) is 13.2. The Balaban J connectivity index is 1.89. The number of aromatic nitrogens is 1. The van der Waals surface area contributed by atoms with Crippen molar-refractivity contribution in [2.75, 3.05) is 5.75 Å². The molecule has 0 aliphatic carbocycles. The Morgan fingerprint density at radius 1 is 1.35 bits per heavy atom. The minimum Gasteiger partial charge on any atom is -0.347 e. The first-order chi connectivity index (χ1) is 9.66. The second-order valence-corrected chi connectivity index (χ2v) is 6.74. The second kappa shape index (κ2) is 7.45. The third-order valence-electron chi connectivity index (χ3n) is 2.82. The standard InChI is InChI=1S/C15H18N2OS2/c1-11(2)15(12-6-5-9-19-12)17-13(18)10-20-14-7-3-4-8-16-14/h3-9,11,15H,10H2,1-2H3,(H,17,18). The number of hydrogen-bond acceptors (Lipinski definition) is 4. The molecule has 3 nitrogen and oxygen atoms in total. The van der Waals surface area contributed by atoms with Crippen LogP contribution in [0.4, 0.5) is 0 Å². The Morgan fingerprint density at radius 3 is 2.80 bits per heavy atom. The molecular formula is C15H18N2OS2. The number of carbonyl (C=O) groups is 1. The van der Waals surface area contributed by atoms with Crippen LogP contribution in [-0.4, -0.2) is 16.6 Å². The van der Waals surface area contributed by atoms with Gasteiger partial charge < -0.3 is 5.32 Å². The number of nitrogens with zero attached hydrogens (tertiary/aromatic N) is 1. The average molecular weight is 306 g/mol. The molecule has 1 atom stereocenters. The molecule has 0 saturated carbocycles.